The minimum absolute atomic E-state index is 0.0572. The predicted molar refractivity (Wildman–Crippen MR) is 87.4 cm³/mol. The quantitative estimate of drug-likeness (QED) is 0.888. The lowest BCUT2D eigenvalue weighted by Gasteiger charge is -2.33. The predicted octanol–water partition coefficient (Wildman–Crippen LogP) is 2.57. The lowest BCUT2D eigenvalue weighted by atomic mass is 9.84. The van der Waals surface area contributed by atoms with Gasteiger partial charge in [-0.05, 0) is 49.8 Å². The summed E-state index contributed by atoms with van der Waals surface area (Å²) in [6.07, 6.45) is 4.36. The summed E-state index contributed by atoms with van der Waals surface area (Å²) in [6, 6.07) is 2.36. The van der Waals surface area contributed by atoms with Crippen LogP contribution >= 0.6 is 0 Å². The van der Waals surface area contributed by atoms with Gasteiger partial charge in [-0.15, -0.1) is 0 Å². The fourth-order valence-electron chi connectivity index (χ4n) is 4.18. The Bertz CT molecular complexity index is 672. The average molecular weight is 333 g/mol. The van der Waals surface area contributed by atoms with E-state index in [1.807, 2.05) is 0 Å². The number of ether oxygens (including phenoxy) is 1. The van der Waals surface area contributed by atoms with Crippen LogP contribution in [0.4, 0.5) is 0 Å². The second-order valence-corrected chi connectivity index (χ2v) is 6.78. The number of fused-ring (bicyclic) bond motifs is 1. The van der Waals surface area contributed by atoms with Crippen molar-refractivity contribution in [1.82, 2.24) is 4.90 Å². The highest BCUT2D eigenvalue weighted by Crippen LogP contribution is 2.42. The zero-order valence-corrected chi connectivity index (χ0v) is 14.0. The number of methoxy groups -OCH3 is 1. The van der Waals surface area contributed by atoms with Crippen molar-refractivity contribution in [2.24, 2.45) is 5.92 Å². The van der Waals surface area contributed by atoms with E-state index in [1.54, 1.807) is 19.1 Å². The summed E-state index contributed by atoms with van der Waals surface area (Å²) >= 11 is 0. The van der Waals surface area contributed by atoms with Crippen LogP contribution < -0.4 is 4.74 Å². The zero-order valence-electron chi connectivity index (χ0n) is 14.0. The zero-order chi connectivity index (χ0) is 17.4. The van der Waals surface area contributed by atoms with Crippen LogP contribution in [0.2, 0.25) is 0 Å². The smallest absolute Gasteiger partial charge is 0.326 e. The number of hydrogen-bond donors (Lipinski definition) is 2. The van der Waals surface area contributed by atoms with Crippen LogP contribution in [-0.4, -0.2) is 46.2 Å². The van der Waals surface area contributed by atoms with Crippen molar-refractivity contribution in [3.8, 4) is 11.5 Å². The molecule has 6 nitrogen and oxygen atoms in total. The normalized spacial score (nSPS) is 26.1. The Morgan fingerprint density at radius 1 is 1.25 bits per heavy atom. The van der Waals surface area contributed by atoms with Gasteiger partial charge in [-0.3, -0.25) is 4.79 Å². The van der Waals surface area contributed by atoms with Crippen molar-refractivity contribution in [2.45, 2.75) is 51.1 Å². The molecule has 3 unspecified atom stereocenters. The summed E-state index contributed by atoms with van der Waals surface area (Å²) in [7, 11) is 1.43. The topological polar surface area (TPSA) is 87.1 Å². The highest BCUT2D eigenvalue weighted by atomic mass is 16.5. The van der Waals surface area contributed by atoms with Gasteiger partial charge in [-0.1, -0.05) is 12.8 Å². The number of nitrogens with zero attached hydrogens (tertiary/aromatic N) is 1. The van der Waals surface area contributed by atoms with E-state index in [0.717, 1.165) is 31.2 Å². The van der Waals surface area contributed by atoms with Gasteiger partial charge in [0.05, 0.1) is 12.7 Å². The van der Waals surface area contributed by atoms with E-state index < -0.39 is 17.9 Å². The van der Waals surface area contributed by atoms with Crippen LogP contribution in [0.15, 0.2) is 12.1 Å². The third kappa shape index (κ3) is 2.70. The molecule has 0 bridgehead atoms. The molecule has 3 rings (SSSR count). The third-order valence-electron chi connectivity index (χ3n) is 5.28. The molecule has 2 N–H and O–H groups in total. The van der Waals surface area contributed by atoms with Gasteiger partial charge in [-0.25, -0.2) is 4.79 Å². The number of amides is 1. The second kappa shape index (κ2) is 6.34. The van der Waals surface area contributed by atoms with Gasteiger partial charge in [0.2, 0.25) is 0 Å². The molecule has 0 spiro atoms. The van der Waals surface area contributed by atoms with Crippen molar-refractivity contribution in [3.63, 3.8) is 0 Å². The Hall–Kier alpha value is -2.24. The highest BCUT2D eigenvalue weighted by molar-refractivity contribution is 6.00. The number of carbonyl (C=O) groups is 2. The number of carboxylic acids is 1. The van der Waals surface area contributed by atoms with Crippen molar-refractivity contribution in [3.05, 3.63) is 23.3 Å². The van der Waals surface area contributed by atoms with Gasteiger partial charge in [0, 0.05) is 6.04 Å². The molecule has 1 aliphatic heterocycles. The van der Waals surface area contributed by atoms with E-state index >= 15 is 0 Å². The van der Waals surface area contributed by atoms with E-state index in [4.69, 9.17) is 4.74 Å². The van der Waals surface area contributed by atoms with E-state index in [9.17, 15) is 19.8 Å². The van der Waals surface area contributed by atoms with E-state index in [-0.39, 0.29) is 29.0 Å². The summed E-state index contributed by atoms with van der Waals surface area (Å²) in [6.45, 7) is 1.81. The van der Waals surface area contributed by atoms with Crippen molar-refractivity contribution < 1.29 is 24.5 Å². The average Bonchev–Trinajstić information content (AvgIpc) is 2.95. The summed E-state index contributed by atoms with van der Waals surface area (Å²) in [5.41, 5.74) is 0.892. The number of rotatable bonds is 3. The summed E-state index contributed by atoms with van der Waals surface area (Å²) < 4.78 is 5.12. The number of phenolic OH excluding ortho intramolecular Hbond substituents is 1. The summed E-state index contributed by atoms with van der Waals surface area (Å²) in [5.74, 6) is -1.16. The van der Waals surface area contributed by atoms with Crippen molar-refractivity contribution in [1.29, 1.82) is 0 Å². The van der Waals surface area contributed by atoms with E-state index in [1.165, 1.54) is 12.0 Å². The minimum atomic E-state index is -0.975. The second-order valence-electron chi connectivity index (χ2n) is 6.78. The van der Waals surface area contributed by atoms with Crippen LogP contribution in [0.5, 0.6) is 11.5 Å². The fourth-order valence-corrected chi connectivity index (χ4v) is 4.18. The molecule has 3 atom stereocenters. The fraction of sp³-hybridized carbons (Fsp3) is 0.556. The number of likely N-dealkylation sites (tertiary alicyclic amines) is 1. The highest BCUT2D eigenvalue weighted by Gasteiger charge is 2.48. The first kappa shape index (κ1) is 16.6. The molecule has 1 saturated heterocycles. The molecule has 2 aliphatic rings. The van der Waals surface area contributed by atoms with Crippen LogP contribution in [0.1, 0.15) is 48.0 Å². The number of hydrogen-bond acceptors (Lipinski definition) is 4. The molecule has 1 heterocycles. The van der Waals surface area contributed by atoms with Gasteiger partial charge < -0.3 is 19.8 Å². The number of aryl methyl sites for hydroxylation is 1. The maximum Gasteiger partial charge on any atom is 0.326 e. The Balaban J connectivity index is 2.01. The number of phenols is 1. The Kier molecular flexibility index (Phi) is 4.39. The van der Waals surface area contributed by atoms with Gasteiger partial charge in [-0.2, -0.15) is 0 Å². The van der Waals surface area contributed by atoms with Gasteiger partial charge in [0.25, 0.3) is 5.91 Å². The first-order valence-electron chi connectivity index (χ1n) is 8.37. The summed E-state index contributed by atoms with van der Waals surface area (Å²) in [5, 5.41) is 19.9. The summed E-state index contributed by atoms with van der Waals surface area (Å²) in [4.78, 5) is 26.3. The van der Waals surface area contributed by atoms with Crippen molar-refractivity contribution >= 4 is 11.9 Å². The number of benzene rings is 1. The molecule has 0 aromatic heterocycles. The van der Waals surface area contributed by atoms with Crippen LogP contribution in [0, 0.1) is 12.8 Å². The molecular weight excluding hydrogens is 310 g/mol. The van der Waals surface area contributed by atoms with Gasteiger partial charge in [0.15, 0.2) is 11.5 Å². The Morgan fingerprint density at radius 2 is 1.96 bits per heavy atom. The molecule has 24 heavy (non-hydrogen) atoms. The number of aliphatic carboxylic acids is 1. The maximum absolute atomic E-state index is 13.1. The van der Waals surface area contributed by atoms with E-state index in [0.29, 0.717) is 6.42 Å². The molecule has 6 heteroatoms. The maximum atomic E-state index is 13.1. The standard InChI is InChI=1S/C18H23NO5/c1-10-7-12(16(20)15(8-10)24-2)17(21)19-13-6-4-3-5-11(13)9-14(19)18(22)23/h7-8,11,13-14,20H,3-6,9H2,1-2H3,(H,22,23). The number of carbonyl (C=O) groups excluding carboxylic acids is 1. The molecule has 0 radical (unpaired) electrons. The van der Waals surface area contributed by atoms with Crippen LogP contribution in [0.3, 0.4) is 0 Å². The number of aromatic hydroxyl groups is 1. The number of carboxylic acid groups (broad SMARTS) is 1. The van der Waals surface area contributed by atoms with E-state index in [2.05, 4.69) is 0 Å². The Morgan fingerprint density at radius 3 is 2.62 bits per heavy atom. The molecule has 1 amide bonds. The SMILES string of the molecule is COc1cc(C)cc(C(=O)N2C(C(=O)O)CC3CCCCC32)c1O. The molecule has 1 aliphatic carbocycles. The lowest BCUT2D eigenvalue weighted by molar-refractivity contribution is -0.141. The molecule has 2 fully saturated rings. The lowest BCUT2D eigenvalue weighted by Crippen LogP contribution is -2.46. The third-order valence-corrected chi connectivity index (χ3v) is 5.28. The van der Waals surface area contributed by atoms with Crippen LogP contribution in [-0.2, 0) is 4.79 Å². The largest absolute Gasteiger partial charge is 0.504 e. The first-order chi connectivity index (χ1) is 11.4. The van der Waals surface area contributed by atoms with Gasteiger partial charge >= 0.3 is 5.97 Å². The molecule has 1 aromatic carbocycles. The molecule has 130 valence electrons. The molecule has 1 saturated carbocycles. The molecule has 1 aromatic rings. The molecular formula is C18H23NO5. The van der Waals surface area contributed by atoms with Crippen LogP contribution in [0.25, 0.3) is 0 Å². The first-order valence-corrected chi connectivity index (χ1v) is 8.37. The van der Waals surface area contributed by atoms with Gasteiger partial charge in [0.1, 0.15) is 6.04 Å². The monoisotopic (exact) mass is 333 g/mol. The van der Waals surface area contributed by atoms with Crippen molar-refractivity contribution in [2.75, 3.05) is 7.11 Å². The Labute approximate surface area is 141 Å². The minimum Gasteiger partial charge on any atom is -0.504 e.